The van der Waals surface area contributed by atoms with Crippen LogP contribution in [0.15, 0.2) is 0 Å². The Morgan fingerprint density at radius 2 is 2.12 bits per heavy atom. The third-order valence-electron chi connectivity index (χ3n) is 5.03. The number of nitrogens with zero attached hydrogens (tertiary/aromatic N) is 1. The van der Waals surface area contributed by atoms with Gasteiger partial charge in [-0.3, -0.25) is 4.90 Å². The van der Waals surface area contributed by atoms with E-state index in [0.717, 1.165) is 18.5 Å². The highest BCUT2D eigenvalue weighted by molar-refractivity contribution is 4.90. The Labute approximate surface area is 106 Å². The minimum Gasteiger partial charge on any atom is -0.396 e. The summed E-state index contributed by atoms with van der Waals surface area (Å²) in [6, 6.07) is 0.788. The standard InChI is InChI=1S/C15H29NO/c1-3-14-7-5-9-16(14)11-15(12-17)8-4-6-13(2)10-15/h13-14,17H,3-12H2,1-2H3. The molecule has 0 bridgehead atoms. The summed E-state index contributed by atoms with van der Waals surface area (Å²) in [7, 11) is 0. The van der Waals surface area contributed by atoms with E-state index in [9.17, 15) is 5.11 Å². The molecule has 100 valence electrons. The average molecular weight is 239 g/mol. The number of rotatable bonds is 4. The second kappa shape index (κ2) is 5.71. The maximum Gasteiger partial charge on any atom is 0.0499 e. The first-order valence-corrected chi connectivity index (χ1v) is 7.54. The first kappa shape index (κ1) is 13.4. The van der Waals surface area contributed by atoms with Gasteiger partial charge < -0.3 is 5.11 Å². The van der Waals surface area contributed by atoms with E-state index in [0.29, 0.717) is 6.61 Å². The minimum atomic E-state index is 0.218. The average Bonchev–Trinajstić information content (AvgIpc) is 2.76. The molecule has 1 aliphatic carbocycles. The number of likely N-dealkylation sites (tertiary alicyclic amines) is 1. The lowest BCUT2D eigenvalue weighted by molar-refractivity contribution is 0.0198. The maximum absolute atomic E-state index is 9.85. The van der Waals surface area contributed by atoms with E-state index in [1.165, 1.54) is 51.5 Å². The molecule has 3 unspecified atom stereocenters. The van der Waals surface area contributed by atoms with E-state index < -0.39 is 0 Å². The van der Waals surface area contributed by atoms with Crippen LogP contribution in [-0.2, 0) is 0 Å². The van der Waals surface area contributed by atoms with Gasteiger partial charge in [0.2, 0.25) is 0 Å². The molecule has 0 radical (unpaired) electrons. The fourth-order valence-corrected chi connectivity index (χ4v) is 4.10. The van der Waals surface area contributed by atoms with E-state index in [-0.39, 0.29) is 5.41 Å². The van der Waals surface area contributed by atoms with Crippen molar-refractivity contribution in [1.29, 1.82) is 0 Å². The van der Waals surface area contributed by atoms with Crippen LogP contribution in [0.5, 0.6) is 0 Å². The van der Waals surface area contributed by atoms with Gasteiger partial charge in [0.1, 0.15) is 0 Å². The molecule has 3 atom stereocenters. The highest BCUT2D eigenvalue weighted by Crippen LogP contribution is 2.40. The number of aliphatic hydroxyl groups excluding tert-OH is 1. The monoisotopic (exact) mass is 239 g/mol. The van der Waals surface area contributed by atoms with Crippen molar-refractivity contribution >= 4 is 0 Å². The highest BCUT2D eigenvalue weighted by Gasteiger charge is 2.38. The van der Waals surface area contributed by atoms with Crippen LogP contribution in [0.25, 0.3) is 0 Å². The molecule has 1 saturated heterocycles. The van der Waals surface area contributed by atoms with E-state index in [1.807, 2.05) is 0 Å². The van der Waals surface area contributed by atoms with Crippen LogP contribution in [0.4, 0.5) is 0 Å². The first-order valence-electron chi connectivity index (χ1n) is 7.54. The van der Waals surface area contributed by atoms with E-state index >= 15 is 0 Å². The second-order valence-corrected chi connectivity index (χ2v) is 6.53. The Hall–Kier alpha value is -0.0800. The first-order chi connectivity index (χ1) is 8.19. The zero-order valence-corrected chi connectivity index (χ0v) is 11.6. The normalized spacial score (nSPS) is 39.7. The summed E-state index contributed by atoms with van der Waals surface area (Å²) >= 11 is 0. The molecule has 0 spiro atoms. The summed E-state index contributed by atoms with van der Waals surface area (Å²) in [5.74, 6) is 0.804. The molecule has 2 nitrogen and oxygen atoms in total. The SMILES string of the molecule is CCC1CCCN1CC1(CO)CCCC(C)C1. The van der Waals surface area contributed by atoms with Crippen molar-refractivity contribution in [1.82, 2.24) is 4.90 Å². The Morgan fingerprint density at radius 3 is 2.76 bits per heavy atom. The predicted molar refractivity (Wildman–Crippen MR) is 72.0 cm³/mol. The lowest BCUT2D eigenvalue weighted by Crippen LogP contribution is -2.44. The van der Waals surface area contributed by atoms with E-state index in [2.05, 4.69) is 18.7 Å². The molecule has 0 aromatic rings. The fraction of sp³-hybridized carbons (Fsp3) is 1.00. The van der Waals surface area contributed by atoms with Crippen LogP contribution in [0, 0.1) is 11.3 Å². The van der Waals surface area contributed by atoms with Crippen molar-refractivity contribution in [2.45, 2.75) is 64.8 Å². The van der Waals surface area contributed by atoms with Crippen LogP contribution in [-0.4, -0.2) is 35.7 Å². The molecular formula is C15H29NO. The van der Waals surface area contributed by atoms with Crippen molar-refractivity contribution in [3.63, 3.8) is 0 Å². The third kappa shape index (κ3) is 3.03. The van der Waals surface area contributed by atoms with Gasteiger partial charge in [-0.25, -0.2) is 0 Å². The summed E-state index contributed by atoms with van der Waals surface area (Å²) in [6.07, 6.45) is 9.14. The molecule has 0 amide bonds. The van der Waals surface area contributed by atoms with Gasteiger partial charge >= 0.3 is 0 Å². The van der Waals surface area contributed by atoms with Crippen LogP contribution < -0.4 is 0 Å². The van der Waals surface area contributed by atoms with Gasteiger partial charge in [-0.1, -0.05) is 26.7 Å². The molecule has 1 aliphatic heterocycles. The van der Waals surface area contributed by atoms with Crippen LogP contribution in [0.2, 0.25) is 0 Å². The molecule has 0 aromatic carbocycles. The molecule has 17 heavy (non-hydrogen) atoms. The van der Waals surface area contributed by atoms with Crippen molar-refractivity contribution in [3.8, 4) is 0 Å². The molecule has 1 heterocycles. The minimum absolute atomic E-state index is 0.218. The van der Waals surface area contributed by atoms with E-state index in [4.69, 9.17) is 0 Å². The molecule has 2 fully saturated rings. The Bertz CT molecular complexity index is 243. The Kier molecular flexibility index (Phi) is 4.48. The smallest absolute Gasteiger partial charge is 0.0499 e. The zero-order valence-electron chi connectivity index (χ0n) is 11.6. The van der Waals surface area contributed by atoms with Gasteiger partial charge in [-0.05, 0) is 44.6 Å². The van der Waals surface area contributed by atoms with E-state index in [1.54, 1.807) is 0 Å². The van der Waals surface area contributed by atoms with Gasteiger partial charge in [0.05, 0.1) is 0 Å². The number of hydrogen-bond acceptors (Lipinski definition) is 2. The number of hydrogen-bond donors (Lipinski definition) is 1. The summed E-state index contributed by atoms with van der Waals surface area (Å²) in [6.45, 7) is 7.45. The quantitative estimate of drug-likeness (QED) is 0.815. The van der Waals surface area contributed by atoms with Crippen LogP contribution in [0.3, 0.4) is 0 Å². The second-order valence-electron chi connectivity index (χ2n) is 6.53. The maximum atomic E-state index is 9.85. The largest absolute Gasteiger partial charge is 0.396 e. The van der Waals surface area contributed by atoms with Gasteiger partial charge in [0.15, 0.2) is 0 Å². The van der Waals surface area contributed by atoms with Crippen molar-refractivity contribution in [2.75, 3.05) is 19.7 Å². The molecule has 2 heteroatoms. The van der Waals surface area contributed by atoms with Crippen molar-refractivity contribution in [2.24, 2.45) is 11.3 Å². The zero-order chi connectivity index (χ0) is 12.3. The van der Waals surface area contributed by atoms with Gasteiger partial charge in [0.25, 0.3) is 0 Å². The van der Waals surface area contributed by atoms with Crippen molar-refractivity contribution < 1.29 is 5.11 Å². The van der Waals surface area contributed by atoms with Crippen molar-refractivity contribution in [3.05, 3.63) is 0 Å². The van der Waals surface area contributed by atoms with Gasteiger partial charge in [-0.15, -0.1) is 0 Å². The third-order valence-corrected chi connectivity index (χ3v) is 5.03. The molecule has 2 rings (SSSR count). The molecule has 1 N–H and O–H groups in total. The van der Waals surface area contributed by atoms with Gasteiger partial charge in [-0.2, -0.15) is 0 Å². The summed E-state index contributed by atoms with van der Waals surface area (Å²) in [4.78, 5) is 2.66. The lowest BCUT2D eigenvalue weighted by atomic mass is 9.70. The number of aliphatic hydroxyl groups is 1. The molecule has 2 aliphatic rings. The fourth-order valence-electron chi connectivity index (χ4n) is 4.10. The molecule has 0 aromatic heterocycles. The summed E-state index contributed by atoms with van der Waals surface area (Å²) in [5, 5.41) is 9.85. The summed E-state index contributed by atoms with van der Waals surface area (Å²) in [5.41, 5.74) is 0.218. The Morgan fingerprint density at radius 1 is 1.29 bits per heavy atom. The molecule has 1 saturated carbocycles. The molecular weight excluding hydrogens is 210 g/mol. The Balaban J connectivity index is 1.98. The summed E-state index contributed by atoms with van der Waals surface area (Å²) < 4.78 is 0. The highest BCUT2D eigenvalue weighted by atomic mass is 16.3. The van der Waals surface area contributed by atoms with Crippen LogP contribution in [0.1, 0.15) is 58.8 Å². The van der Waals surface area contributed by atoms with Gasteiger partial charge in [0, 0.05) is 24.6 Å². The van der Waals surface area contributed by atoms with Crippen LogP contribution >= 0.6 is 0 Å². The predicted octanol–water partition coefficient (Wildman–Crippen LogP) is 3.05. The lowest BCUT2D eigenvalue weighted by Gasteiger charge is -2.42. The topological polar surface area (TPSA) is 23.5 Å².